The Morgan fingerprint density at radius 2 is 2.23 bits per heavy atom. The van der Waals surface area contributed by atoms with Gasteiger partial charge in [-0.3, -0.25) is 4.90 Å². The summed E-state index contributed by atoms with van der Waals surface area (Å²) in [5.74, 6) is 0.774. The Bertz CT molecular complexity index is 134. The van der Waals surface area contributed by atoms with Gasteiger partial charge in [0.25, 0.3) is 0 Å². The molecule has 1 rings (SSSR count). The molecular formula is C11H24N2. The van der Waals surface area contributed by atoms with E-state index in [0.29, 0.717) is 0 Å². The maximum atomic E-state index is 3.49. The van der Waals surface area contributed by atoms with Gasteiger partial charge in [-0.05, 0) is 38.8 Å². The van der Waals surface area contributed by atoms with Crippen LogP contribution in [0.4, 0.5) is 0 Å². The van der Waals surface area contributed by atoms with Gasteiger partial charge in [0.1, 0.15) is 0 Å². The Morgan fingerprint density at radius 3 is 2.77 bits per heavy atom. The normalized spacial score (nSPS) is 24.5. The second-order valence-corrected chi connectivity index (χ2v) is 4.63. The van der Waals surface area contributed by atoms with Gasteiger partial charge in [0.05, 0.1) is 0 Å². The minimum atomic E-state index is 0.774. The molecule has 2 nitrogen and oxygen atoms in total. The zero-order valence-electron chi connectivity index (χ0n) is 9.34. The van der Waals surface area contributed by atoms with Crippen molar-refractivity contribution in [1.82, 2.24) is 10.2 Å². The van der Waals surface area contributed by atoms with E-state index >= 15 is 0 Å². The van der Waals surface area contributed by atoms with Crippen molar-refractivity contribution in [3.05, 3.63) is 0 Å². The first-order chi connectivity index (χ1) is 6.20. The first kappa shape index (κ1) is 11.0. The molecule has 0 aromatic rings. The fourth-order valence-corrected chi connectivity index (χ4v) is 1.94. The molecule has 1 atom stereocenters. The van der Waals surface area contributed by atoms with Crippen LogP contribution in [0.5, 0.6) is 0 Å². The monoisotopic (exact) mass is 184 g/mol. The summed E-state index contributed by atoms with van der Waals surface area (Å²) < 4.78 is 0. The zero-order valence-corrected chi connectivity index (χ0v) is 9.34. The molecule has 13 heavy (non-hydrogen) atoms. The molecule has 0 aromatic carbocycles. The van der Waals surface area contributed by atoms with Crippen molar-refractivity contribution in [1.29, 1.82) is 0 Å². The zero-order chi connectivity index (χ0) is 9.68. The van der Waals surface area contributed by atoms with Crippen LogP contribution in [0.1, 0.15) is 33.6 Å². The van der Waals surface area contributed by atoms with E-state index in [-0.39, 0.29) is 0 Å². The largest absolute Gasteiger partial charge is 0.315 e. The van der Waals surface area contributed by atoms with E-state index < -0.39 is 0 Å². The molecule has 0 amide bonds. The van der Waals surface area contributed by atoms with Crippen LogP contribution in [0, 0.1) is 5.92 Å². The second-order valence-electron chi connectivity index (χ2n) is 4.63. The van der Waals surface area contributed by atoms with E-state index in [1.54, 1.807) is 0 Å². The Morgan fingerprint density at radius 1 is 1.46 bits per heavy atom. The number of hydrogen-bond acceptors (Lipinski definition) is 2. The van der Waals surface area contributed by atoms with Crippen LogP contribution in [-0.4, -0.2) is 37.1 Å². The smallest absolute Gasteiger partial charge is 0.0110 e. The average molecular weight is 184 g/mol. The molecule has 1 aliphatic rings. The topological polar surface area (TPSA) is 15.3 Å². The lowest BCUT2D eigenvalue weighted by Gasteiger charge is -2.21. The molecule has 0 aliphatic carbocycles. The van der Waals surface area contributed by atoms with Crippen LogP contribution in [0.3, 0.4) is 0 Å². The van der Waals surface area contributed by atoms with E-state index in [0.717, 1.165) is 25.0 Å². The summed E-state index contributed by atoms with van der Waals surface area (Å²) in [5.41, 5.74) is 0. The van der Waals surface area contributed by atoms with Gasteiger partial charge in [-0.25, -0.2) is 0 Å². The van der Waals surface area contributed by atoms with Gasteiger partial charge in [0.15, 0.2) is 0 Å². The Balaban J connectivity index is 1.99. The van der Waals surface area contributed by atoms with Gasteiger partial charge < -0.3 is 5.32 Å². The summed E-state index contributed by atoms with van der Waals surface area (Å²) in [7, 11) is 0. The average Bonchev–Trinajstić information content (AvgIpc) is 2.45. The van der Waals surface area contributed by atoms with Gasteiger partial charge in [-0.15, -0.1) is 0 Å². The lowest BCUT2D eigenvalue weighted by Crippen LogP contribution is -2.35. The fraction of sp³-hybridized carbons (Fsp3) is 1.00. The van der Waals surface area contributed by atoms with E-state index in [9.17, 15) is 0 Å². The lowest BCUT2D eigenvalue weighted by atomic mass is 10.2. The number of nitrogens with zero attached hydrogens (tertiary/aromatic N) is 1. The minimum absolute atomic E-state index is 0.774. The highest BCUT2D eigenvalue weighted by atomic mass is 15.2. The first-order valence-electron chi connectivity index (χ1n) is 5.65. The number of rotatable bonds is 5. The Hall–Kier alpha value is -0.0800. The highest BCUT2D eigenvalue weighted by Gasteiger charge is 2.18. The predicted octanol–water partition coefficient (Wildman–Crippen LogP) is 1.72. The molecule has 1 fully saturated rings. The SMILES string of the molecule is CC(C)CNCCN1CCCC1C. The van der Waals surface area contributed by atoms with E-state index in [1.165, 1.54) is 25.9 Å². The van der Waals surface area contributed by atoms with Crippen molar-refractivity contribution >= 4 is 0 Å². The highest BCUT2D eigenvalue weighted by Crippen LogP contribution is 2.14. The summed E-state index contributed by atoms with van der Waals surface area (Å²) in [6.45, 7) is 11.7. The van der Waals surface area contributed by atoms with Crippen LogP contribution < -0.4 is 5.32 Å². The maximum Gasteiger partial charge on any atom is 0.0110 e. The van der Waals surface area contributed by atoms with E-state index in [4.69, 9.17) is 0 Å². The summed E-state index contributed by atoms with van der Waals surface area (Å²) in [6, 6.07) is 0.820. The second kappa shape index (κ2) is 5.61. The van der Waals surface area contributed by atoms with Gasteiger partial charge in [-0.2, -0.15) is 0 Å². The molecule has 0 spiro atoms. The third kappa shape index (κ3) is 4.10. The molecule has 1 heterocycles. The van der Waals surface area contributed by atoms with Gasteiger partial charge in [0.2, 0.25) is 0 Å². The molecule has 1 saturated heterocycles. The van der Waals surface area contributed by atoms with Gasteiger partial charge in [0, 0.05) is 19.1 Å². The molecule has 0 saturated carbocycles. The van der Waals surface area contributed by atoms with Gasteiger partial charge >= 0.3 is 0 Å². The molecule has 78 valence electrons. The Labute approximate surface area is 82.7 Å². The van der Waals surface area contributed by atoms with E-state index in [1.807, 2.05) is 0 Å². The number of nitrogens with one attached hydrogen (secondary N) is 1. The van der Waals surface area contributed by atoms with Crippen molar-refractivity contribution in [3.8, 4) is 0 Å². The molecule has 0 aromatic heterocycles. The van der Waals surface area contributed by atoms with E-state index in [2.05, 4.69) is 31.0 Å². The molecular weight excluding hydrogens is 160 g/mol. The molecule has 0 bridgehead atoms. The number of likely N-dealkylation sites (tertiary alicyclic amines) is 1. The fourth-order valence-electron chi connectivity index (χ4n) is 1.94. The van der Waals surface area contributed by atoms with Crippen LogP contribution in [0.25, 0.3) is 0 Å². The molecule has 1 aliphatic heterocycles. The predicted molar refractivity (Wildman–Crippen MR) is 58.0 cm³/mol. The van der Waals surface area contributed by atoms with Crippen molar-refractivity contribution in [2.75, 3.05) is 26.2 Å². The van der Waals surface area contributed by atoms with Crippen molar-refractivity contribution in [2.45, 2.75) is 39.7 Å². The molecule has 0 radical (unpaired) electrons. The standard InChI is InChI=1S/C11H24N2/c1-10(2)9-12-6-8-13-7-4-5-11(13)3/h10-12H,4-9H2,1-3H3. The summed E-state index contributed by atoms with van der Waals surface area (Å²) in [4.78, 5) is 2.59. The maximum absolute atomic E-state index is 3.49. The third-order valence-electron chi connectivity index (χ3n) is 2.82. The lowest BCUT2D eigenvalue weighted by molar-refractivity contribution is 0.267. The van der Waals surface area contributed by atoms with Crippen LogP contribution in [-0.2, 0) is 0 Å². The summed E-state index contributed by atoms with van der Waals surface area (Å²) in [5, 5.41) is 3.49. The quantitative estimate of drug-likeness (QED) is 0.654. The van der Waals surface area contributed by atoms with Crippen LogP contribution >= 0.6 is 0 Å². The molecule has 2 heteroatoms. The molecule has 1 N–H and O–H groups in total. The van der Waals surface area contributed by atoms with Crippen molar-refractivity contribution < 1.29 is 0 Å². The number of hydrogen-bond donors (Lipinski definition) is 1. The van der Waals surface area contributed by atoms with Crippen molar-refractivity contribution in [3.63, 3.8) is 0 Å². The Kier molecular flexibility index (Phi) is 4.74. The highest BCUT2D eigenvalue weighted by molar-refractivity contribution is 4.75. The van der Waals surface area contributed by atoms with Crippen molar-refractivity contribution in [2.24, 2.45) is 5.92 Å². The summed E-state index contributed by atoms with van der Waals surface area (Å²) in [6.07, 6.45) is 2.79. The minimum Gasteiger partial charge on any atom is -0.315 e. The van der Waals surface area contributed by atoms with Gasteiger partial charge in [-0.1, -0.05) is 13.8 Å². The third-order valence-corrected chi connectivity index (χ3v) is 2.82. The first-order valence-corrected chi connectivity index (χ1v) is 5.65. The van der Waals surface area contributed by atoms with Crippen LogP contribution in [0.15, 0.2) is 0 Å². The van der Waals surface area contributed by atoms with Crippen LogP contribution in [0.2, 0.25) is 0 Å². The molecule has 1 unspecified atom stereocenters. The summed E-state index contributed by atoms with van der Waals surface area (Å²) >= 11 is 0.